The van der Waals surface area contributed by atoms with E-state index in [9.17, 15) is 0 Å². The molecule has 154 valence electrons. The van der Waals surface area contributed by atoms with Gasteiger partial charge in [-0.1, -0.05) is 13.0 Å². The molecular formula is C22H36N6. The highest BCUT2D eigenvalue weighted by Crippen LogP contribution is 2.42. The van der Waals surface area contributed by atoms with Gasteiger partial charge in [-0.3, -0.25) is 5.10 Å². The number of rotatable bonds is 7. The lowest BCUT2D eigenvalue weighted by atomic mass is 10.0. The number of nitrogens with two attached hydrogens (primary N) is 1. The Kier molecular flexibility index (Phi) is 7.31. The number of aromatic nitrogens is 2. The molecule has 0 amide bonds. The number of nitrogens with zero attached hydrogens (tertiary/aromatic N) is 3. The van der Waals surface area contributed by atoms with Crippen LogP contribution in [0.2, 0.25) is 0 Å². The van der Waals surface area contributed by atoms with Crippen molar-refractivity contribution in [2.45, 2.75) is 58.3 Å². The second-order valence-electron chi connectivity index (χ2n) is 7.91. The Labute approximate surface area is 169 Å². The third-order valence-electron chi connectivity index (χ3n) is 5.65. The monoisotopic (exact) mass is 384 g/mol. The predicted molar refractivity (Wildman–Crippen MR) is 117 cm³/mol. The molecule has 4 N–H and O–H groups in total. The van der Waals surface area contributed by atoms with E-state index in [2.05, 4.69) is 45.2 Å². The largest absolute Gasteiger partial charge is 0.357 e. The van der Waals surface area contributed by atoms with Crippen molar-refractivity contribution in [1.82, 2.24) is 15.1 Å². The molecule has 1 aromatic heterocycles. The van der Waals surface area contributed by atoms with Gasteiger partial charge in [0.1, 0.15) is 11.7 Å². The van der Waals surface area contributed by atoms with Crippen LogP contribution in [-0.2, 0) is 0 Å². The van der Waals surface area contributed by atoms with E-state index < -0.39 is 0 Å². The minimum atomic E-state index is 0.680. The van der Waals surface area contributed by atoms with Gasteiger partial charge in [0.05, 0.1) is 0 Å². The lowest BCUT2D eigenvalue weighted by Gasteiger charge is -2.20. The molecule has 3 fully saturated rings. The molecule has 2 heterocycles. The van der Waals surface area contributed by atoms with Gasteiger partial charge in [0.2, 0.25) is 0 Å². The van der Waals surface area contributed by atoms with E-state index in [1.165, 1.54) is 44.8 Å². The fourth-order valence-corrected chi connectivity index (χ4v) is 3.90. The van der Waals surface area contributed by atoms with Gasteiger partial charge in [0, 0.05) is 30.8 Å². The summed E-state index contributed by atoms with van der Waals surface area (Å²) in [6.07, 6.45) is 14.0. The van der Waals surface area contributed by atoms with E-state index in [0.717, 1.165) is 48.8 Å². The highest BCUT2D eigenvalue weighted by molar-refractivity contribution is 6.03. The molecule has 1 atom stereocenters. The SMILES string of the molecule is CN.C\C=C/C(=N\C(=C\CC)N1CCC(C2CC2)C1)Nc1cc(C2CC2)[nH]n1. The maximum atomic E-state index is 4.97. The number of hydrogen-bond donors (Lipinski definition) is 3. The molecular weight excluding hydrogens is 348 g/mol. The summed E-state index contributed by atoms with van der Waals surface area (Å²) in [7, 11) is 1.50. The van der Waals surface area contributed by atoms with E-state index in [-0.39, 0.29) is 0 Å². The second-order valence-corrected chi connectivity index (χ2v) is 7.91. The van der Waals surface area contributed by atoms with Crippen LogP contribution in [0.4, 0.5) is 5.82 Å². The molecule has 0 radical (unpaired) electrons. The number of hydrogen-bond acceptors (Lipinski definition) is 4. The Morgan fingerprint density at radius 3 is 2.71 bits per heavy atom. The number of aromatic amines is 1. The first-order valence-corrected chi connectivity index (χ1v) is 10.8. The quantitative estimate of drug-likeness (QED) is 0.485. The molecule has 1 aliphatic heterocycles. The van der Waals surface area contributed by atoms with Crippen molar-refractivity contribution >= 4 is 11.7 Å². The van der Waals surface area contributed by atoms with Crippen molar-refractivity contribution in [3.63, 3.8) is 0 Å². The first kappa shape index (κ1) is 20.6. The minimum Gasteiger partial charge on any atom is -0.357 e. The van der Waals surface area contributed by atoms with Gasteiger partial charge in [0.25, 0.3) is 0 Å². The van der Waals surface area contributed by atoms with Crippen molar-refractivity contribution in [3.8, 4) is 0 Å². The number of allylic oxidation sites excluding steroid dienone is 2. The zero-order valence-electron chi connectivity index (χ0n) is 17.6. The first-order valence-electron chi connectivity index (χ1n) is 10.8. The summed E-state index contributed by atoms with van der Waals surface area (Å²) in [5, 5.41) is 11.0. The third kappa shape index (κ3) is 5.47. The van der Waals surface area contributed by atoms with Crippen LogP contribution in [0.25, 0.3) is 0 Å². The Morgan fingerprint density at radius 1 is 1.29 bits per heavy atom. The Hall–Kier alpha value is -2.08. The molecule has 1 saturated heterocycles. The Morgan fingerprint density at radius 2 is 2.07 bits per heavy atom. The molecule has 6 heteroatoms. The molecule has 1 aromatic rings. The molecule has 0 bridgehead atoms. The molecule has 0 aromatic carbocycles. The maximum Gasteiger partial charge on any atom is 0.153 e. The van der Waals surface area contributed by atoms with Crippen molar-refractivity contribution in [2.24, 2.45) is 22.6 Å². The van der Waals surface area contributed by atoms with Crippen LogP contribution in [0.3, 0.4) is 0 Å². The Balaban J connectivity index is 0.00000109. The van der Waals surface area contributed by atoms with Crippen LogP contribution < -0.4 is 11.1 Å². The summed E-state index contributed by atoms with van der Waals surface area (Å²) in [5.74, 6) is 5.35. The predicted octanol–water partition coefficient (Wildman–Crippen LogP) is 4.23. The minimum absolute atomic E-state index is 0.680. The molecule has 28 heavy (non-hydrogen) atoms. The summed E-state index contributed by atoms with van der Waals surface area (Å²) < 4.78 is 0. The van der Waals surface area contributed by atoms with Crippen molar-refractivity contribution < 1.29 is 0 Å². The number of H-pyrrole nitrogens is 1. The van der Waals surface area contributed by atoms with Crippen LogP contribution in [-0.4, -0.2) is 41.1 Å². The zero-order chi connectivity index (χ0) is 19.9. The molecule has 2 saturated carbocycles. The van der Waals surface area contributed by atoms with Gasteiger partial charge < -0.3 is 16.0 Å². The number of amidine groups is 1. The average Bonchev–Trinajstić information content (AvgIpc) is 3.65. The molecule has 3 aliphatic rings. The zero-order valence-corrected chi connectivity index (χ0v) is 17.6. The van der Waals surface area contributed by atoms with Gasteiger partial charge in [0.15, 0.2) is 5.82 Å². The molecule has 6 nitrogen and oxygen atoms in total. The second kappa shape index (κ2) is 9.92. The third-order valence-corrected chi connectivity index (χ3v) is 5.65. The van der Waals surface area contributed by atoms with Gasteiger partial charge in [-0.15, -0.1) is 0 Å². The molecule has 2 aliphatic carbocycles. The Bertz CT molecular complexity index is 708. The van der Waals surface area contributed by atoms with E-state index in [0.29, 0.717) is 5.92 Å². The smallest absolute Gasteiger partial charge is 0.153 e. The van der Waals surface area contributed by atoms with Gasteiger partial charge >= 0.3 is 0 Å². The first-order chi connectivity index (χ1) is 13.8. The summed E-state index contributed by atoms with van der Waals surface area (Å²) in [5.41, 5.74) is 5.74. The lowest BCUT2D eigenvalue weighted by molar-refractivity contribution is 0.384. The van der Waals surface area contributed by atoms with Crippen LogP contribution in [0.15, 0.2) is 35.1 Å². The summed E-state index contributed by atoms with van der Waals surface area (Å²) >= 11 is 0. The maximum absolute atomic E-state index is 4.97. The van der Waals surface area contributed by atoms with Crippen LogP contribution in [0.5, 0.6) is 0 Å². The highest BCUT2D eigenvalue weighted by atomic mass is 15.3. The van der Waals surface area contributed by atoms with Crippen molar-refractivity contribution in [3.05, 3.63) is 35.8 Å². The number of likely N-dealkylation sites (tertiary alicyclic amines) is 1. The van der Waals surface area contributed by atoms with Crippen LogP contribution >= 0.6 is 0 Å². The van der Waals surface area contributed by atoms with Crippen LogP contribution in [0.1, 0.15) is 64.0 Å². The summed E-state index contributed by atoms with van der Waals surface area (Å²) in [6, 6.07) is 2.12. The van der Waals surface area contributed by atoms with E-state index >= 15 is 0 Å². The topological polar surface area (TPSA) is 82.3 Å². The average molecular weight is 385 g/mol. The van der Waals surface area contributed by atoms with Crippen LogP contribution in [0, 0.1) is 11.8 Å². The molecule has 4 rings (SSSR count). The lowest BCUT2D eigenvalue weighted by Crippen LogP contribution is -2.22. The fourth-order valence-electron chi connectivity index (χ4n) is 3.90. The molecule has 0 spiro atoms. The van der Waals surface area contributed by atoms with Gasteiger partial charge in [-0.05, 0) is 76.5 Å². The van der Waals surface area contributed by atoms with Crippen molar-refractivity contribution in [1.29, 1.82) is 0 Å². The van der Waals surface area contributed by atoms with Gasteiger partial charge in [-0.2, -0.15) is 5.10 Å². The number of aliphatic imine (C=N–C) groups is 1. The fraction of sp³-hybridized carbons (Fsp3) is 0.636. The number of anilines is 1. The van der Waals surface area contributed by atoms with Crippen molar-refractivity contribution in [2.75, 3.05) is 25.5 Å². The molecule has 1 unspecified atom stereocenters. The van der Waals surface area contributed by atoms with Gasteiger partial charge in [-0.25, -0.2) is 4.99 Å². The standard InChI is InChI=1S/C21H31N5.CH5N/c1-3-5-19(22-20-13-18(24-25-20)16-9-10-16)23-21(6-4-2)26-12-11-17(14-26)15-7-8-15;1-2/h3,5-6,13,15-17H,4,7-12,14H2,1-2H3,(H2,22,23,24,25);2H2,1H3/b5-3-,21-6-;. The normalized spacial score (nSPS) is 23.1. The van der Waals surface area contributed by atoms with E-state index in [1.54, 1.807) is 0 Å². The summed E-state index contributed by atoms with van der Waals surface area (Å²) in [6.45, 7) is 6.51. The number of nitrogens with one attached hydrogen (secondary N) is 2. The summed E-state index contributed by atoms with van der Waals surface area (Å²) in [4.78, 5) is 7.44. The van der Waals surface area contributed by atoms with E-state index in [1.807, 2.05) is 19.1 Å². The highest BCUT2D eigenvalue weighted by Gasteiger charge is 2.36. The van der Waals surface area contributed by atoms with E-state index in [4.69, 9.17) is 4.99 Å².